The van der Waals surface area contributed by atoms with Crippen LogP contribution in [0.4, 0.5) is 11.5 Å². The van der Waals surface area contributed by atoms with Crippen LogP contribution in [-0.2, 0) is 28.0 Å². The second-order valence-electron chi connectivity index (χ2n) is 9.08. The number of carbonyl (C=O) groups is 1. The minimum absolute atomic E-state index is 0.00524. The van der Waals surface area contributed by atoms with Gasteiger partial charge in [0.05, 0.1) is 13.2 Å². The number of benzene rings is 2. The molecule has 0 radical (unpaired) electrons. The molecule has 1 aromatic heterocycles. The van der Waals surface area contributed by atoms with E-state index in [0.29, 0.717) is 12.3 Å². The lowest BCUT2D eigenvalue weighted by atomic mass is 9.87. The molecule has 9 heteroatoms. The number of aromatic amines is 1. The molecule has 0 aliphatic rings. The molecular weight excluding hydrogens is 448 g/mol. The second kappa shape index (κ2) is 11.5. The first kappa shape index (κ1) is 25.8. The number of amides is 1. The van der Waals surface area contributed by atoms with E-state index in [0.717, 1.165) is 11.1 Å². The molecular formula is C26H32N4O5. The minimum Gasteiger partial charge on any atom is -0.484 e. The monoisotopic (exact) mass is 480 g/mol. The molecule has 0 aliphatic carbocycles. The first-order valence-corrected chi connectivity index (χ1v) is 11.4. The number of methoxy groups -OCH3 is 1. The Labute approximate surface area is 204 Å². The number of H-pyrrole nitrogens is 1. The number of hydrogen-bond donors (Lipinski definition) is 3. The van der Waals surface area contributed by atoms with Gasteiger partial charge in [0.25, 0.3) is 11.5 Å². The third kappa shape index (κ3) is 7.07. The lowest BCUT2D eigenvalue weighted by molar-refractivity contribution is -0.118. The van der Waals surface area contributed by atoms with Gasteiger partial charge in [0, 0.05) is 13.7 Å². The van der Waals surface area contributed by atoms with Gasteiger partial charge >= 0.3 is 5.69 Å². The van der Waals surface area contributed by atoms with Crippen molar-refractivity contribution in [3.05, 3.63) is 86.6 Å². The predicted molar refractivity (Wildman–Crippen MR) is 136 cm³/mol. The van der Waals surface area contributed by atoms with Crippen LogP contribution in [-0.4, -0.2) is 35.8 Å². The quantitative estimate of drug-likeness (QED) is 0.411. The van der Waals surface area contributed by atoms with Gasteiger partial charge in [0.1, 0.15) is 17.3 Å². The zero-order valence-electron chi connectivity index (χ0n) is 20.5. The molecule has 1 amide bonds. The summed E-state index contributed by atoms with van der Waals surface area (Å²) in [5.41, 5.74) is 0.882. The topological polar surface area (TPSA) is 114 Å². The number of rotatable bonds is 10. The Hall–Kier alpha value is -3.85. The number of carbonyl (C=O) groups excluding carboxylic acids is 1. The molecule has 186 valence electrons. The molecule has 3 N–H and O–H groups in total. The van der Waals surface area contributed by atoms with Crippen LogP contribution in [0.15, 0.2) is 64.2 Å². The molecule has 0 unspecified atom stereocenters. The van der Waals surface area contributed by atoms with E-state index in [1.165, 1.54) is 11.7 Å². The summed E-state index contributed by atoms with van der Waals surface area (Å²) >= 11 is 0. The van der Waals surface area contributed by atoms with Crippen molar-refractivity contribution in [1.29, 1.82) is 0 Å². The van der Waals surface area contributed by atoms with Crippen molar-refractivity contribution in [2.24, 2.45) is 0 Å². The Balaban J connectivity index is 1.80. The minimum atomic E-state index is -0.647. The summed E-state index contributed by atoms with van der Waals surface area (Å²) in [7, 11) is 1.50. The van der Waals surface area contributed by atoms with Crippen molar-refractivity contribution in [3.63, 3.8) is 0 Å². The molecule has 3 rings (SSSR count). The zero-order chi connectivity index (χ0) is 25.4. The number of ether oxygens (including phenoxy) is 2. The third-order valence-electron chi connectivity index (χ3n) is 5.38. The van der Waals surface area contributed by atoms with Crippen LogP contribution in [0.5, 0.6) is 5.75 Å². The predicted octanol–water partition coefficient (Wildman–Crippen LogP) is 3.11. The molecule has 3 aromatic rings. The fourth-order valence-corrected chi connectivity index (χ4v) is 3.42. The normalized spacial score (nSPS) is 11.2. The van der Waals surface area contributed by atoms with E-state index >= 15 is 0 Å². The van der Waals surface area contributed by atoms with Gasteiger partial charge in [-0.15, -0.1) is 0 Å². The second-order valence-corrected chi connectivity index (χ2v) is 9.08. The van der Waals surface area contributed by atoms with Crippen LogP contribution in [0, 0.1) is 0 Å². The van der Waals surface area contributed by atoms with Gasteiger partial charge in [-0.25, -0.2) is 4.79 Å². The van der Waals surface area contributed by atoms with Crippen molar-refractivity contribution < 1.29 is 14.3 Å². The van der Waals surface area contributed by atoms with Gasteiger partial charge in [0.2, 0.25) is 0 Å². The molecule has 35 heavy (non-hydrogen) atoms. The van der Waals surface area contributed by atoms with Crippen molar-refractivity contribution in [2.45, 2.75) is 39.3 Å². The Morgan fingerprint density at radius 2 is 1.71 bits per heavy atom. The Morgan fingerprint density at radius 3 is 2.34 bits per heavy atom. The van der Waals surface area contributed by atoms with Crippen LogP contribution in [0.2, 0.25) is 0 Å². The molecule has 9 nitrogen and oxygen atoms in total. The maximum absolute atomic E-state index is 12.8. The van der Waals surface area contributed by atoms with Crippen molar-refractivity contribution >= 4 is 17.4 Å². The van der Waals surface area contributed by atoms with Crippen molar-refractivity contribution in [3.8, 4) is 5.75 Å². The lowest BCUT2D eigenvalue weighted by Crippen LogP contribution is -2.36. The Bertz CT molecular complexity index is 1240. The summed E-state index contributed by atoms with van der Waals surface area (Å²) < 4.78 is 12.0. The summed E-state index contributed by atoms with van der Waals surface area (Å²) in [6, 6.07) is 17.0. The molecule has 0 saturated carbocycles. The van der Waals surface area contributed by atoms with E-state index in [2.05, 4.69) is 36.4 Å². The summed E-state index contributed by atoms with van der Waals surface area (Å²) in [5, 5.41) is 5.71. The van der Waals surface area contributed by atoms with Crippen LogP contribution < -0.4 is 26.6 Å². The van der Waals surface area contributed by atoms with E-state index in [-0.39, 0.29) is 36.7 Å². The highest BCUT2D eigenvalue weighted by Gasteiger charge is 2.18. The van der Waals surface area contributed by atoms with Crippen LogP contribution in [0.3, 0.4) is 0 Å². The number of nitrogens with one attached hydrogen (secondary N) is 3. The average molecular weight is 481 g/mol. The molecule has 2 aromatic carbocycles. The van der Waals surface area contributed by atoms with E-state index in [4.69, 9.17) is 9.47 Å². The highest BCUT2D eigenvalue weighted by Crippen LogP contribution is 2.24. The molecule has 0 saturated heterocycles. The molecule has 0 aliphatic heterocycles. The van der Waals surface area contributed by atoms with Crippen LogP contribution >= 0.6 is 0 Å². The van der Waals surface area contributed by atoms with E-state index < -0.39 is 17.2 Å². The Kier molecular flexibility index (Phi) is 8.48. The SMILES string of the molecule is COCCn1c(NC(=O)COc2ccc(C(C)(C)C)cc2)c(NCc2ccccc2)c(=O)[nH]c1=O. The van der Waals surface area contributed by atoms with Gasteiger partial charge < -0.3 is 20.1 Å². The van der Waals surface area contributed by atoms with Crippen LogP contribution in [0.1, 0.15) is 31.9 Å². The largest absolute Gasteiger partial charge is 0.484 e. The number of nitrogens with zero attached hydrogens (tertiary/aromatic N) is 1. The van der Waals surface area contributed by atoms with E-state index in [1.807, 2.05) is 54.6 Å². The number of aromatic nitrogens is 2. The third-order valence-corrected chi connectivity index (χ3v) is 5.38. The molecule has 0 bridgehead atoms. The van der Waals surface area contributed by atoms with Gasteiger partial charge in [0.15, 0.2) is 6.61 Å². The maximum atomic E-state index is 12.8. The standard InChI is InChI=1S/C26H32N4O5/c1-26(2,3)19-10-12-20(13-11-19)35-17-21(31)28-23-22(27-16-18-8-6-5-7-9-18)24(32)29-25(33)30(23)14-15-34-4/h5-13,27H,14-17H2,1-4H3,(H,28,31)(H,29,32,33). The first-order valence-electron chi connectivity index (χ1n) is 11.4. The molecule has 1 heterocycles. The summed E-state index contributed by atoms with van der Waals surface area (Å²) in [4.78, 5) is 40.2. The molecule has 0 fully saturated rings. The van der Waals surface area contributed by atoms with Gasteiger partial charge in [-0.2, -0.15) is 0 Å². The fraction of sp³-hybridized carbons (Fsp3) is 0.346. The van der Waals surface area contributed by atoms with Crippen molar-refractivity contribution in [2.75, 3.05) is 31.0 Å². The lowest BCUT2D eigenvalue weighted by Gasteiger charge is -2.19. The molecule has 0 spiro atoms. The average Bonchev–Trinajstić information content (AvgIpc) is 2.82. The van der Waals surface area contributed by atoms with Crippen LogP contribution in [0.25, 0.3) is 0 Å². The van der Waals surface area contributed by atoms with Crippen molar-refractivity contribution in [1.82, 2.24) is 9.55 Å². The summed E-state index contributed by atoms with van der Waals surface area (Å²) in [6.07, 6.45) is 0. The van der Waals surface area contributed by atoms with Gasteiger partial charge in [-0.05, 0) is 28.7 Å². The summed E-state index contributed by atoms with van der Waals surface area (Å²) in [6.45, 7) is 6.73. The van der Waals surface area contributed by atoms with E-state index in [9.17, 15) is 14.4 Å². The number of hydrogen-bond acceptors (Lipinski definition) is 6. The Morgan fingerprint density at radius 1 is 1.03 bits per heavy atom. The fourth-order valence-electron chi connectivity index (χ4n) is 3.42. The molecule has 0 atom stereocenters. The summed E-state index contributed by atoms with van der Waals surface area (Å²) in [5.74, 6) is 0.0884. The van der Waals surface area contributed by atoms with E-state index in [1.54, 1.807) is 0 Å². The number of anilines is 2. The smallest absolute Gasteiger partial charge is 0.330 e. The highest BCUT2D eigenvalue weighted by atomic mass is 16.5. The highest BCUT2D eigenvalue weighted by molar-refractivity contribution is 5.93. The zero-order valence-corrected chi connectivity index (χ0v) is 20.5. The maximum Gasteiger partial charge on any atom is 0.330 e. The first-order chi connectivity index (χ1) is 16.7. The van der Waals surface area contributed by atoms with Gasteiger partial charge in [-0.1, -0.05) is 63.2 Å². The van der Waals surface area contributed by atoms with Gasteiger partial charge in [-0.3, -0.25) is 19.1 Å².